The van der Waals surface area contributed by atoms with Crippen LogP contribution in [0.2, 0.25) is 0 Å². The molecule has 0 radical (unpaired) electrons. The predicted molar refractivity (Wildman–Crippen MR) is 170 cm³/mol. The van der Waals surface area contributed by atoms with E-state index in [1.165, 1.54) is 6.42 Å². The molecule has 2 N–H and O–H groups in total. The number of hydrogen-bond donors (Lipinski definition) is 1. The van der Waals surface area contributed by atoms with Crippen molar-refractivity contribution in [2.45, 2.75) is 115 Å². The van der Waals surface area contributed by atoms with Crippen LogP contribution in [0.15, 0.2) is 48.5 Å². The maximum atomic E-state index is 5.83. The van der Waals surface area contributed by atoms with E-state index < -0.39 is 0 Å². The molecular weight excluding hydrogens is 596 g/mol. The van der Waals surface area contributed by atoms with Crippen molar-refractivity contribution in [1.29, 1.82) is 0 Å². The van der Waals surface area contributed by atoms with Gasteiger partial charge in [-0.3, -0.25) is 0 Å². The molecule has 0 aromatic heterocycles. The van der Waals surface area contributed by atoms with Crippen molar-refractivity contribution in [3.63, 3.8) is 0 Å². The Hall–Kier alpha value is -0.668. The van der Waals surface area contributed by atoms with Gasteiger partial charge in [0.2, 0.25) is 0 Å². The normalized spacial score (nSPS) is 38.5. The molecule has 8 fully saturated rings. The second-order valence-electron chi connectivity index (χ2n) is 14.7. The van der Waals surface area contributed by atoms with E-state index in [1.54, 1.807) is 89.6 Å². The molecule has 8 aliphatic rings. The zero-order chi connectivity index (χ0) is 25.7. The van der Waals surface area contributed by atoms with Crippen LogP contribution in [0.3, 0.4) is 0 Å². The largest absolute Gasteiger partial charge is 0.406 e. The van der Waals surface area contributed by atoms with Crippen molar-refractivity contribution in [1.82, 2.24) is 0 Å². The van der Waals surface area contributed by atoms with Gasteiger partial charge in [0.05, 0.1) is 0 Å². The van der Waals surface area contributed by atoms with E-state index in [0.717, 1.165) is 62.6 Å². The van der Waals surface area contributed by atoms with Crippen molar-refractivity contribution in [3.8, 4) is 11.1 Å². The van der Waals surface area contributed by atoms with E-state index in [2.05, 4.69) is 13.0 Å². The summed E-state index contributed by atoms with van der Waals surface area (Å²) in [6.45, 7) is 2.45. The van der Waals surface area contributed by atoms with Gasteiger partial charge in [-0.05, 0) is 147 Å². The zero-order valence-corrected chi connectivity index (χ0v) is 26.5. The summed E-state index contributed by atoms with van der Waals surface area (Å²) in [4.78, 5) is 0. The number of hydrogen-bond acceptors (Lipinski definition) is 1. The quantitative estimate of drug-likeness (QED) is 0.143. The third-order valence-electron chi connectivity index (χ3n) is 11.9. The molecule has 0 amide bonds. The Morgan fingerprint density at radius 2 is 1.18 bits per heavy atom. The summed E-state index contributed by atoms with van der Waals surface area (Å²) >= 11 is 0. The molecule has 0 unspecified atom stereocenters. The minimum atomic E-state index is 0. The number of benzene rings is 2. The molecule has 0 atom stereocenters. The number of nitrogens with two attached hydrogens (primary N) is 1. The first-order valence-corrected chi connectivity index (χ1v) is 17.7. The topological polar surface area (TPSA) is 26.0 Å². The van der Waals surface area contributed by atoms with Crippen molar-refractivity contribution < 1.29 is 20.4 Å². The molecule has 10 rings (SSSR count). The molecule has 0 heterocycles. The summed E-state index contributed by atoms with van der Waals surface area (Å²) in [5.41, 5.74) is 8.72. The van der Waals surface area contributed by atoms with Gasteiger partial charge in [0.25, 0.3) is 0 Å². The van der Waals surface area contributed by atoms with Gasteiger partial charge in [0.1, 0.15) is 0 Å². The molecule has 3 heteroatoms. The maximum Gasteiger partial charge on any atom is 0 e. The second-order valence-corrected chi connectivity index (χ2v) is 17.9. The van der Waals surface area contributed by atoms with E-state index in [-0.39, 0.29) is 35.8 Å². The Balaban J connectivity index is 0.000000185. The van der Waals surface area contributed by atoms with E-state index in [9.17, 15) is 0 Å². The maximum absolute atomic E-state index is 5.83. The van der Waals surface area contributed by atoms with Crippen LogP contribution < -0.4 is 5.73 Å². The number of unbranched alkanes of at least 4 members (excludes halogenated alkanes) is 1. The standard InChI is InChI=1S/C24H39P.C12H10N.CH4.Pd/c1-2-3-4-25(23-11-17-5-18(12-23)7-19(6-17)13-23)24-14-20-8-21(15-24)10-22(9-20)16-24;13-12-9-5-4-8-11(12)10-6-2-1-3-7-10;;/h17-22H,2-16H2,1H3;1-6,8-9H,13H2;1H4;/q;-1;;. The van der Waals surface area contributed by atoms with Crippen LogP contribution >= 0.6 is 7.92 Å². The SMILES string of the molecule is C.CCCCP(C12CC3CC(CC(C3)C1)C2)C12CC3CC(CC(C3)C1)C2.Nc1ccccc1-c1[c-]cccc1.[Pd]. The van der Waals surface area contributed by atoms with Gasteiger partial charge in [0, 0.05) is 20.4 Å². The summed E-state index contributed by atoms with van der Waals surface area (Å²) in [6.07, 6.45) is 24.6. The summed E-state index contributed by atoms with van der Waals surface area (Å²) in [5.74, 6) is 6.95. The van der Waals surface area contributed by atoms with E-state index in [1.807, 2.05) is 48.5 Å². The fraction of sp³-hybridized carbons (Fsp3) is 0.676. The van der Waals surface area contributed by atoms with Crippen LogP contribution in [0.1, 0.15) is 104 Å². The molecule has 40 heavy (non-hydrogen) atoms. The first kappa shape index (κ1) is 30.8. The first-order valence-electron chi connectivity index (χ1n) is 16.1. The fourth-order valence-corrected chi connectivity index (χ4v) is 16.8. The third-order valence-corrected chi connectivity index (χ3v) is 16.0. The Kier molecular flexibility index (Phi) is 9.63. The van der Waals surface area contributed by atoms with Crippen LogP contribution in [0.25, 0.3) is 11.1 Å². The molecule has 1 nitrogen and oxygen atoms in total. The number of para-hydroxylation sites is 1. The van der Waals surface area contributed by atoms with E-state index in [0.29, 0.717) is 0 Å². The average molecular weight is 649 g/mol. The predicted octanol–water partition coefficient (Wildman–Crippen LogP) is 10.6. The van der Waals surface area contributed by atoms with Gasteiger partial charge in [0.15, 0.2) is 0 Å². The number of rotatable bonds is 6. The molecule has 0 aliphatic heterocycles. The minimum absolute atomic E-state index is 0. The third kappa shape index (κ3) is 5.78. The van der Waals surface area contributed by atoms with Gasteiger partial charge in [-0.15, -0.1) is 35.9 Å². The van der Waals surface area contributed by atoms with Crippen LogP contribution in [0.4, 0.5) is 5.69 Å². The Labute approximate surface area is 260 Å². The van der Waals surface area contributed by atoms with Crippen molar-refractivity contribution in [2.24, 2.45) is 35.5 Å². The molecule has 0 spiro atoms. The summed E-state index contributed by atoms with van der Waals surface area (Å²) in [6, 6.07) is 18.8. The second kappa shape index (κ2) is 12.5. The fourth-order valence-electron chi connectivity index (χ4n) is 11.4. The monoisotopic (exact) mass is 648 g/mol. The molecule has 2 aromatic carbocycles. The molecule has 8 bridgehead atoms. The number of anilines is 1. The van der Waals surface area contributed by atoms with Crippen molar-refractivity contribution in [3.05, 3.63) is 54.6 Å². The van der Waals surface area contributed by atoms with Crippen LogP contribution in [0.5, 0.6) is 0 Å². The van der Waals surface area contributed by atoms with E-state index >= 15 is 0 Å². The Morgan fingerprint density at radius 1 is 0.725 bits per heavy atom. The van der Waals surface area contributed by atoms with E-state index in [4.69, 9.17) is 5.73 Å². The average Bonchev–Trinajstić information content (AvgIpc) is 2.88. The van der Waals surface area contributed by atoms with Crippen molar-refractivity contribution >= 4 is 13.6 Å². The molecule has 8 saturated carbocycles. The van der Waals surface area contributed by atoms with Crippen LogP contribution in [-0.4, -0.2) is 16.5 Å². The number of nitrogen functional groups attached to an aromatic ring is 1. The van der Waals surface area contributed by atoms with Gasteiger partial charge >= 0.3 is 0 Å². The Morgan fingerprint density at radius 3 is 1.57 bits per heavy atom. The smallest absolute Gasteiger partial charge is 0 e. The first-order chi connectivity index (χ1) is 18.5. The summed E-state index contributed by atoms with van der Waals surface area (Å²) in [5, 5.41) is 1.76. The molecule has 2 aromatic rings. The Bertz CT molecular complexity index is 998. The molecule has 8 aliphatic carbocycles. The van der Waals surface area contributed by atoms with Crippen LogP contribution in [0, 0.1) is 41.6 Å². The van der Waals surface area contributed by atoms with Gasteiger partial charge in [-0.2, -0.15) is 0 Å². The summed E-state index contributed by atoms with van der Waals surface area (Å²) in [7, 11) is 0.285. The van der Waals surface area contributed by atoms with Gasteiger partial charge < -0.3 is 5.73 Å². The van der Waals surface area contributed by atoms with Crippen molar-refractivity contribution in [2.75, 3.05) is 11.9 Å². The molecular formula is C37H53NPPd-. The minimum Gasteiger partial charge on any atom is -0.406 e. The zero-order valence-electron chi connectivity index (χ0n) is 24.0. The van der Waals surface area contributed by atoms with Gasteiger partial charge in [-0.25, -0.2) is 0 Å². The summed E-state index contributed by atoms with van der Waals surface area (Å²) < 4.78 is 0. The molecule has 0 saturated heterocycles. The van der Waals surface area contributed by atoms with Gasteiger partial charge in [-0.1, -0.05) is 52.5 Å². The molecule has 222 valence electrons. The van der Waals surface area contributed by atoms with Crippen LogP contribution in [-0.2, 0) is 20.4 Å².